The number of hydrogen-bond acceptors (Lipinski definition) is 3. The van der Waals surface area contributed by atoms with E-state index in [-0.39, 0.29) is 18.4 Å². The number of nitrogens with one attached hydrogen (secondary N) is 1. The zero-order valence-electron chi connectivity index (χ0n) is 27.4. The van der Waals surface area contributed by atoms with E-state index in [9.17, 15) is 27.6 Å². The second-order valence-electron chi connectivity index (χ2n) is 13.2. The van der Waals surface area contributed by atoms with Crippen LogP contribution in [0.2, 0.25) is 0 Å². The zero-order valence-corrected chi connectivity index (χ0v) is 27.4. The molecular formula is C40H40F3N3O3. The standard InChI is InChI=1S/C40H40F3N3O3/c1-2-3-11-33(37(44)47)34(23-25-16-17-25)38(48)45-36-32-14-5-4-12-30(32)31-13-6-7-15-35(31)46(39(36)49)24-26-9-8-10-28(22-26)27-18-20-29(21-19-27)40(41,42)43/h4-10,12-15,18-22,25,33-34,36H,2-3,11,16-17,23-24H2,1H3,(H2,44,47)(H,45,48)/t33-,34+,36?/m0/s1. The highest BCUT2D eigenvalue weighted by Gasteiger charge is 2.41. The first kappa shape index (κ1) is 34.0. The first-order valence-electron chi connectivity index (χ1n) is 16.9. The molecule has 3 atom stereocenters. The van der Waals surface area contributed by atoms with Gasteiger partial charge in [0, 0.05) is 17.4 Å². The summed E-state index contributed by atoms with van der Waals surface area (Å²) < 4.78 is 39.6. The van der Waals surface area contributed by atoms with Gasteiger partial charge in [-0.1, -0.05) is 105 Å². The molecular weight excluding hydrogens is 627 g/mol. The number of carbonyl (C=O) groups excluding carboxylic acids is 3. The molecule has 4 aromatic carbocycles. The zero-order chi connectivity index (χ0) is 34.7. The number of primary amides is 1. The predicted octanol–water partition coefficient (Wildman–Crippen LogP) is 8.45. The van der Waals surface area contributed by atoms with Crippen LogP contribution in [-0.2, 0) is 27.1 Å². The summed E-state index contributed by atoms with van der Waals surface area (Å²) in [6.07, 6.45) is 0.264. The molecule has 3 amide bonds. The molecule has 0 radical (unpaired) electrons. The predicted molar refractivity (Wildman–Crippen MR) is 184 cm³/mol. The van der Waals surface area contributed by atoms with Gasteiger partial charge in [0.05, 0.1) is 17.8 Å². The maximum atomic E-state index is 14.7. The number of fused-ring (bicyclic) bond motifs is 3. The number of benzene rings is 4. The Balaban J connectivity index is 1.35. The van der Waals surface area contributed by atoms with Gasteiger partial charge >= 0.3 is 6.18 Å². The van der Waals surface area contributed by atoms with Crippen molar-refractivity contribution in [2.75, 3.05) is 4.90 Å². The lowest BCUT2D eigenvalue weighted by atomic mass is 9.82. The molecule has 9 heteroatoms. The monoisotopic (exact) mass is 667 g/mol. The number of nitrogens with two attached hydrogens (primary N) is 1. The fourth-order valence-electron chi connectivity index (χ4n) is 6.91. The highest BCUT2D eigenvalue weighted by atomic mass is 19.4. The van der Waals surface area contributed by atoms with Crippen molar-refractivity contribution >= 4 is 23.4 Å². The van der Waals surface area contributed by atoms with Gasteiger partial charge in [-0.2, -0.15) is 13.2 Å². The summed E-state index contributed by atoms with van der Waals surface area (Å²) in [5.74, 6) is -2.10. The van der Waals surface area contributed by atoms with Gasteiger partial charge in [0.2, 0.25) is 11.8 Å². The van der Waals surface area contributed by atoms with E-state index in [2.05, 4.69) is 5.32 Å². The third-order valence-electron chi connectivity index (χ3n) is 9.71. The maximum Gasteiger partial charge on any atom is 0.416 e. The summed E-state index contributed by atoms with van der Waals surface area (Å²) >= 11 is 0. The fourth-order valence-corrected chi connectivity index (χ4v) is 6.91. The molecule has 0 bridgehead atoms. The number of anilines is 1. The quantitative estimate of drug-likeness (QED) is 0.159. The Morgan fingerprint density at radius 3 is 2.24 bits per heavy atom. The molecule has 3 N–H and O–H groups in total. The highest BCUT2D eigenvalue weighted by molar-refractivity contribution is 6.06. The van der Waals surface area contributed by atoms with Gasteiger partial charge in [-0.15, -0.1) is 0 Å². The largest absolute Gasteiger partial charge is 0.416 e. The minimum absolute atomic E-state index is 0.149. The second-order valence-corrected chi connectivity index (χ2v) is 13.2. The van der Waals surface area contributed by atoms with Crippen LogP contribution < -0.4 is 16.0 Å². The summed E-state index contributed by atoms with van der Waals surface area (Å²) in [6.45, 7) is 2.18. The van der Waals surface area contributed by atoms with Crippen molar-refractivity contribution in [3.8, 4) is 22.3 Å². The van der Waals surface area contributed by atoms with E-state index in [1.807, 2.05) is 79.7 Å². The normalized spacial score (nSPS) is 17.0. The number of hydrogen-bond donors (Lipinski definition) is 2. The summed E-state index contributed by atoms with van der Waals surface area (Å²) in [4.78, 5) is 43.3. The molecule has 1 aliphatic heterocycles. The first-order valence-corrected chi connectivity index (χ1v) is 16.9. The Kier molecular flexibility index (Phi) is 9.90. The van der Waals surface area contributed by atoms with Gasteiger partial charge in [-0.3, -0.25) is 14.4 Å². The third-order valence-corrected chi connectivity index (χ3v) is 9.71. The van der Waals surface area contributed by atoms with Gasteiger partial charge in [0.25, 0.3) is 5.91 Å². The van der Waals surface area contributed by atoms with Gasteiger partial charge in [0.1, 0.15) is 6.04 Å². The molecule has 1 unspecified atom stereocenters. The molecule has 49 heavy (non-hydrogen) atoms. The summed E-state index contributed by atoms with van der Waals surface area (Å²) in [7, 11) is 0. The number of carbonyl (C=O) groups is 3. The molecule has 1 aliphatic carbocycles. The van der Waals surface area contributed by atoms with Crippen molar-refractivity contribution in [1.29, 1.82) is 0 Å². The lowest BCUT2D eigenvalue weighted by molar-refractivity contribution is -0.137. The number of amides is 3. The molecule has 6 nitrogen and oxygen atoms in total. The van der Waals surface area contributed by atoms with E-state index in [4.69, 9.17) is 5.73 Å². The van der Waals surface area contributed by atoms with Crippen LogP contribution >= 0.6 is 0 Å². The summed E-state index contributed by atoms with van der Waals surface area (Å²) in [5.41, 5.74) is 10.2. The van der Waals surface area contributed by atoms with E-state index >= 15 is 0 Å². The smallest absolute Gasteiger partial charge is 0.369 e. The van der Waals surface area contributed by atoms with Crippen LogP contribution in [-0.4, -0.2) is 17.7 Å². The van der Waals surface area contributed by atoms with Crippen molar-refractivity contribution in [2.24, 2.45) is 23.5 Å². The number of unbranched alkanes of at least 4 members (excludes halogenated alkanes) is 1. The van der Waals surface area contributed by atoms with Crippen LogP contribution in [0.3, 0.4) is 0 Å². The van der Waals surface area contributed by atoms with Crippen molar-refractivity contribution in [1.82, 2.24) is 5.32 Å². The van der Waals surface area contributed by atoms with E-state index in [1.165, 1.54) is 12.1 Å². The number of alkyl halides is 3. The SMILES string of the molecule is CCCC[C@H](C(N)=O)[C@@H](CC1CC1)C(=O)NC1C(=O)N(Cc2cccc(-c3ccc(C(F)(F)F)cc3)c2)c2ccccc2-c2ccccc21. The van der Waals surface area contributed by atoms with Crippen LogP contribution in [0.4, 0.5) is 18.9 Å². The van der Waals surface area contributed by atoms with Gasteiger partial charge in [0.15, 0.2) is 0 Å². The van der Waals surface area contributed by atoms with Crippen LogP contribution in [0.15, 0.2) is 97.1 Å². The van der Waals surface area contributed by atoms with Crippen molar-refractivity contribution in [2.45, 2.75) is 64.2 Å². The lowest BCUT2D eigenvalue weighted by Gasteiger charge is -2.29. The second kappa shape index (κ2) is 14.3. The third kappa shape index (κ3) is 7.56. The molecule has 4 aromatic rings. The molecule has 1 saturated carbocycles. The van der Waals surface area contributed by atoms with Gasteiger partial charge in [-0.05, 0) is 70.8 Å². The van der Waals surface area contributed by atoms with Gasteiger partial charge in [-0.25, -0.2) is 0 Å². The molecule has 2 aliphatic rings. The van der Waals surface area contributed by atoms with Gasteiger partial charge < -0.3 is 16.0 Å². The molecule has 0 spiro atoms. The summed E-state index contributed by atoms with van der Waals surface area (Å²) in [5, 5.41) is 3.09. The summed E-state index contributed by atoms with van der Waals surface area (Å²) in [6, 6.07) is 26.4. The van der Waals surface area contributed by atoms with Crippen LogP contribution in [0, 0.1) is 17.8 Å². The van der Waals surface area contributed by atoms with Crippen LogP contribution in [0.5, 0.6) is 0 Å². The van der Waals surface area contributed by atoms with Crippen molar-refractivity contribution < 1.29 is 27.6 Å². The Hall–Kier alpha value is -4.92. The van der Waals surface area contributed by atoms with Crippen LogP contribution in [0.25, 0.3) is 22.3 Å². The number of nitrogens with zero attached hydrogens (tertiary/aromatic N) is 1. The number of para-hydroxylation sites is 1. The molecule has 254 valence electrons. The topological polar surface area (TPSA) is 92.5 Å². The minimum Gasteiger partial charge on any atom is -0.369 e. The Labute approximate surface area is 284 Å². The number of rotatable bonds is 12. The van der Waals surface area contributed by atoms with E-state index in [0.29, 0.717) is 41.1 Å². The van der Waals surface area contributed by atoms with Crippen LogP contribution in [0.1, 0.15) is 68.2 Å². The van der Waals surface area contributed by atoms with E-state index in [0.717, 1.165) is 54.5 Å². The highest BCUT2D eigenvalue weighted by Crippen LogP contribution is 2.43. The minimum atomic E-state index is -4.43. The average Bonchev–Trinajstić information content (AvgIpc) is 3.93. The first-order chi connectivity index (χ1) is 23.5. The van der Waals surface area contributed by atoms with E-state index in [1.54, 1.807) is 4.90 Å². The maximum absolute atomic E-state index is 14.7. The molecule has 6 rings (SSSR count). The Morgan fingerprint density at radius 2 is 1.57 bits per heavy atom. The van der Waals surface area contributed by atoms with Crippen molar-refractivity contribution in [3.63, 3.8) is 0 Å². The molecule has 1 fully saturated rings. The average molecular weight is 668 g/mol. The van der Waals surface area contributed by atoms with Crippen molar-refractivity contribution in [3.05, 3.63) is 114 Å². The lowest BCUT2D eigenvalue weighted by Crippen LogP contribution is -2.46. The fraction of sp³-hybridized carbons (Fsp3) is 0.325. The Morgan fingerprint density at radius 1 is 0.878 bits per heavy atom. The Bertz CT molecular complexity index is 1830. The number of halogens is 3. The van der Waals surface area contributed by atoms with E-state index < -0.39 is 35.5 Å². The molecule has 1 heterocycles. The molecule has 0 saturated heterocycles. The molecule has 0 aromatic heterocycles.